The van der Waals surface area contributed by atoms with Gasteiger partial charge in [0.1, 0.15) is 17.4 Å². The molecule has 1 aliphatic rings. The first-order chi connectivity index (χ1) is 11.1. The Labute approximate surface area is 132 Å². The number of furan rings is 1. The van der Waals surface area contributed by atoms with Crippen LogP contribution in [0.3, 0.4) is 0 Å². The summed E-state index contributed by atoms with van der Waals surface area (Å²) in [7, 11) is 0. The van der Waals surface area contributed by atoms with Gasteiger partial charge in [-0.2, -0.15) is 0 Å². The van der Waals surface area contributed by atoms with E-state index >= 15 is 0 Å². The maximum atomic E-state index is 12.3. The van der Waals surface area contributed by atoms with Gasteiger partial charge in [-0.1, -0.05) is 0 Å². The number of H-pyrrole nitrogens is 1. The summed E-state index contributed by atoms with van der Waals surface area (Å²) in [5.74, 6) is -0.254. The van der Waals surface area contributed by atoms with E-state index < -0.39 is 17.5 Å². The van der Waals surface area contributed by atoms with Gasteiger partial charge >= 0.3 is 0 Å². The second kappa shape index (κ2) is 6.51. The summed E-state index contributed by atoms with van der Waals surface area (Å²) in [4.78, 5) is 38.8. The van der Waals surface area contributed by atoms with Crippen LogP contribution in [0.1, 0.15) is 29.6 Å². The zero-order valence-electron chi connectivity index (χ0n) is 12.4. The van der Waals surface area contributed by atoms with Crippen molar-refractivity contribution < 1.29 is 14.0 Å². The van der Waals surface area contributed by atoms with Crippen LogP contribution >= 0.6 is 0 Å². The summed E-state index contributed by atoms with van der Waals surface area (Å²) < 4.78 is 5.20. The Kier molecular flexibility index (Phi) is 4.27. The molecule has 0 aliphatic carbocycles. The van der Waals surface area contributed by atoms with Crippen molar-refractivity contribution in [2.24, 2.45) is 0 Å². The minimum atomic E-state index is -0.603. The van der Waals surface area contributed by atoms with Crippen molar-refractivity contribution in [1.82, 2.24) is 15.6 Å². The second-order valence-corrected chi connectivity index (χ2v) is 5.40. The highest BCUT2D eigenvalue weighted by molar-refractivity contribution is 5.97. The fourth-order valence-electron chi connectivity index (χ4n) is 2.54. The fraction of sp³-hybridized carbons (Fsp3) is 0.312. The normalized spacial score (nSPS) is 18.1. The third-order valence-corrected chi connectivity index (χ3v) is 3.78. The van der Waals surface area contributed by atoms with Crippen LogP contribution in [-0.2, 0) is 4.79 Å². The molecule has 1 aliphatic heterocycles. The first kappa shape index (κ1) is 15.1. The van der Waals surface area contributed by atoms with E-state index in [1.165, 1.54) is 12.3 Å². The van der Waals surface area contributed by atoms with Crippen LogP contribution < -0.4 is 16.2 Å². The average molecular weight is 315 g/mol. The molecule has 2 aromatic rings. The van der Waals surface area contributed by atoms with Gasteiger partial charge in [-0.25, -0.2) is 0 Å². The highest BCUT2D eigenvalue weighted by atomic mass is 16.3. The SMILES string of the molecule is O=C(N[C@@H]1CCCCNC1=O)c1ccc(-c2ccco2)[nH]c1=O. The number of carbonyl (C=O) groups excluding carboxylic acids is 2. The van der Waals surface area contributed by atoms with Crippen LogP contribution in [0.4, 0.5) is 0 Å². The molecule has 0 spiro atoms. The first-order valence-corrected chi connectivity index (χ1v) is 7.51. The van der Waals surface area contributed by atoms with Crippen molar-refractivity contribution in [2.45, 2.75) is 25.3 Å². The summed E-state index contributed by atoms with van der Waals surface area (Å²) >= 11 is 0. The van der Waals surface area contributed by atoms with Crippen LogP contribution in [0.5, 0.6) is 0 Å². The Morgan fingerprint density at radius 1 is 1.22 bits per heavy atom. The molecule has 0 saturated carbocycles. The molecule has 1 atom stereocenters. The van der Waals surface area contributed by atoms with E-state index in [2.05, 4.69) is 15.6 Å². The molecule has 2 aromatic heterocycles. The lowest BCUT2D eigenvalue weighted by atomic mass is 10.1. The molecule has 23 heavy (non-hydrogen) atoms. The summed E-state index contributed by atoms with van der Waals surface area (Å²) in [6, 6.07) is 5.84. The molecule has 120 valence electrons. The Morgan fingerprint density at radius 2 is 2.09 bits per heavy atom. The quantitative estimate of drug-likeness (QED) is 0.787. The molecule has 0 bridgehead atoms. The molecule has 7 heteroatoms. The van der Waals surface area contributed by atoms with Crippen LogP contribution in [0.25, 0.3) is 11.5 Å². The lowest BCUT2D eigenvalue weighted by molar-refractivity contribution is -0.122. The number of aromatic nitrogens is 1. The van der Waals surface area contributed by atoms with Crippen molar-refractivity contribution in [3.8, 4) is 11.5 Å². The Hall–Kier alpha value is -2.83. The summed E-state index contributed by atoms with van der Waals surface area (Å²) in [6.45, 7) is 0.615. The molecule has 7 nitrogen and oxygen atoms in total. The van der Waals surface area contributed by atoms with E-state index in [0.717, 1.165) is 12.8 Å². The third kappa shape index (κ3) is 3.33. The van der Waals surface area contributed by atoms with E-state index in [1.807, 2.05) is 0 Å². The molecule has 3 rings (SSSR count). The smallest absolute Gasteiger partial charge is 0.261 e. The molecule has 1 saturated heterocycles. The predicted molar refractivity (Wildman–Crippen MR) is 82.9 cm³/mol. The van der Waals surface area contributed by atoms with Gasteiger partial charge in [0, 0.05) is 6.54 Å². The molecule has 3 heterocycles. The Morgan fingerprint density at radius 3 is 2.83 bits per heavy atom. The topological polar surface area (TPSA) is 104 Å². The minimum absolute atomic E-state index is 0.0302. The average Bonchev–Trinajstić information content (AvgIpc) is 3.00. The zero-order valence-corrected chi connectivity index (χ0v) is 12.4. The van der Waals surface area contributed by atoms with Crippen LogP contribution in [0, 0.1) is 0 Å². The van der Waals surface area contributed by atoms with Gasteiger partial charge in [0.15, 0.2) is 0 Å². The molecule has 1 fully saturated rings. The first-order valence-electron chi connectivity index (χ1n) is 7.51. The largest absolute Gasteiger partial charge is 0.463 e. The second-order valence-electron chi connectivity index (χ2n) is 5.40. The number of rotatable bonds is 3. The summed E-state index contributed by atoms with van der Waals surface area (Å²) in [6.07, 6.45) is 3.80. The maximum absolute atomic E-state index is 12.3. The predicted octanol–water partition coefficient (Wildman–Crippen LogP) is 1.03. The van der Waals surface area contributed by atoms with E-state index in [0.29, 0.717) is 24.4 Å². The van der Waals surface area contributed by atoms with E-state index in [-0.39, 0.29) is 11.5 Å². The van der Waals surface area contributed by atoms with Crippen molar-refractivity contribution >= 4 is 11.8 Å². The zero-order chi connectivity index (χ0) is 16.2. The van der Waals surface area contributed by atoms with Gasteiger partial charge in [-0.05, 0) is 43.5 Å². The van der Waals surface area contributed by atoms with Crippen molar-refractivity contribution in [3.05, 3.63) is 46.4 Å². The molecule has 0 radical (unpaired) electrons. The highest BCUT2D eigenvalue weighted by Gasteiger charge is 2.24. The lowest BCUT2D eigenvalue weighted by Crippen LogP contribution is -2.46. The van der Waals surface area contributed by atoms with Crippen LogP contribution in [-0.4, -0.2) is 29.4 Å². The molecule has 2 amide bonds. The minimum Gasteiger partial charge on any atom is -0.463 e. The molecule has 0 unspecified atom stereocenters. The van der Waals surface area contributed by atoms with Gasteiger partial charge in [0.25, 0.3) is 11.5 Å². The standard InChI is InChI=1S/C16H17N3O4/c20-14-10(6-7-11(18-14)13-5-3-9-23-13)15(21)19-12-4-1-2-8-17-16(12)22/h3,5-7,9,12H,1-2,4,8H2,(H,17,22)(H,18,20)(H,19,21)/t12-/m1/s1. The van der Waals surface area contributed by atoms with Crippen LogP contribution in [0.2, 0.25) is 0 Å². The van der Waals surface area contributed by atoms with Crippen molar-refractivity contribution in [1.29, 1.82) is 0 Å². The summed E-state index contributed by atoms with van der Waals surface area (Å²) in [5.41, 5.74) is -0.0634. The van der Waals surface area contributed by atoms with Crippen LogP contribution in [0.15, 0.2) is 39.7 Å². The number of pyridine rings is 1. The number of nitrogens with one attached hydrogen (secondary N) is 3. The fourth-order valence-corrected chi connectivity index (χ4v) is 2.54. The number of hydrogen-bond acceptors (Lipinski definition) is 4. The number of aromatic amines is 1. The van der Waals surface area contributed by atoms with E-state index in [9.17, 15) is 14.4 Å². The molecular weight excluding hydrogens is 298 g/mol. The Bertz CT molecular complexity index is 764. The highest BCUT2D eigenvalue weighted by Crippen LogP contribution is 2.15. The van der Waals surface area contributed by atoms with E-state index in [4.69, 9.17) is 4.42 Å². The lowest BCUT2D eigenvalue weighted by Gasteiger charge is -2.14. The van der Waals surface area contributed by atoms with Gasteiger partial charge in [0.05, 0.1) is 12.0 Å². The molecular formula is C16H17N3O4. The summed E-state index contributed by atoms with van der Waals surface area (Å²) in [5, 5.41) is 5.37. The van der Waals surface area contributed by atoms with Gasteiger partial charge in [-0.15, -0.1) is 0 Å². The van der Waals surface area contributed by atoms with Gasteiger partial charge in [0.2, 0.25) is 5.91 Å². The Balaban J connectivity index is 1.77. The molecule has 3 N–H and O–H groups in total. The van der Waals surface area contributed by atoms with Crippen molar-refractivity contribution in [2.75, 3.05) is 6.54 Å². The van der Waals surface area contributed by atoms with Gasteiger partial charge < -0.3 is 20.0 Å². The van der Waals surface area contributed by atoms with E-state index in [1.54, 1.807) is 18.2 Å². The third-order valence-electron chi connectivity index (χ3n) is 3.78. The monoisotopic (exact) mass is 315 g/mol. The number of carbonyl (C=O) groups is 2. The number of hydrogen-bond donors (Lipinski definition) is 3. The van der Waals surface area contributed by atoms with Crippen molar-refractivity contribution in [3.63, 3.8) is 0 Å². The number of amides is 2. The maximum Gasteiger partial charge on any atom is 0.261 e. The van der Waals surface area contributed by atoms with Gasteiger partial charge in [-0.3, -0.25) is 14.4 Å². The molecule has 0 aromatic carbocycles.